The van der Waals surface area contributed by atoms with Crippen molar-refractivity contribution in [3.8, 4) is 0 Å². The predicted molar refractivity (Wildman–Crippen MR) is 74.7 cm³/mol. The van der Waals surface area contributed by atoms with Crippen molar-refractivity contribution >= 4 is 15.9 Å². The van der Waals surface area contributed by atoms with E-state index in [9.17, 15) is 4.39 Å². The van der Waals surface area contributed by atoms with Crippen molar-refractivity contribution in [2.75, 3.05) is 7.05 Å². The van der Waals surface area contributed by atoms with Crippen LogP contribution in [0.5, 0.6) is 0 Å². The molecular weight excluding hydrogens is 281 g/mol. The summed E-state index contributed by atoms with van der Waals surface area (Å²) < 4.78 is 13.6. The maximum Gasteiger partial charge on any atom is 0.137 e. The molecule has 96 valence electrons. The highest BCUT2D eigenvalue weighted by atomic mass is 79.9. The first kappa shape index (κ1) is 14.7. The zero-order chi connectivity index (χ0) is 12.8. The standard InChI is InChI=1S/C14H21BrFN/c1-10(2)8-12(17-3)6-4-11-5-7-14(16)13(15)9-11/h5,7,9-10,12,17H,4,6,8H2,1-3H3. The van der Waals surface area contributed by atoms with Crippen molar-refractivity contribution in [3.05, 3.63) is 34.1 Å². The molecule has 0 heterocycles. The summed E-state index contributed by atoms with van der Waals surface area (Å²) in [5.74, 6) is 0.508. The SMILES string of the molecule is CNC(CCc1ccc(F)c(Br)c1)CC(C)C. The van der Waals surface area contributed by atoms with E-state index >= 15 is 0 Å². The minimum Gasteiger partial charge on any atom is -0.317 e. The van der Waals surface area contributed by atoms with Crippen LogP contribution >= 0.6 is 15.9 Å². The second-order valence-corrected chi connectivity index (χ2v) is 5.76. The van der Waals surface area contributed by atoms with Crippen LogP contribution in [0.3, 0.4) is 0 Å². The normalized spacial score (nSPS) is 13.1. The minimum absolute atomic E-state index is 0.193. The fourth-order valence-corrected chi connectivity index (χ4v) is 2.41. The maximum absolute atomic E-state index is 13.1. The molecule has 1 aromatic carbocycles. The molecule has 1 atom stereocenters. The summed E-state index contributed by atoms with van der Waals surface area (Å²) in [4.78, 5) is 0. The van der Waals surface area contributed by atoms with E-state index in [2.05, 4.69) is 35.1 Å². The maximum atomic E-state index is 13.1. The molecule has 0 aliphatic carbocycles. The molecule has 17 heavy (non-hydrogen) atoms. The number of aryl methyl sites for hydroxylation is 1. The topological polar surface area (TPSA) is 12.0 Å². The van der Waals surface area contributed by atoms with Gasteiger partial charge >= 0.3 is 0 Å². The molecule has 3 heteroatoms. The second-order valence-electron chi connectivity index (χ2n) is 4.90. The smallest absolute Gasteiger partial charge is 0.137 e. The van der Waals surface area contributed by atoms with E-state index in [-0.39, 0.29) is 5.82 Å². The van der Waals surface area contributed by atoms with E-state index in [1.165, 1.54) is 18.1 Å². The van der Waals surface area contributed by atoms with Gasteiger partial charge in [0.1, 0.15) is 5.82 Å². The Bertz CT molecular complexity index is 352. The molecule has 0 bridgehead atoms. The Morgan fingerprint density at radius 1 is 1.35 bits per heavy atom. The van der Waals surface area contributed by atoms with Crippen molar-refractivity contribution in [2.45, 2.75) is 39.2 Å². The lowest BCUT2D eigenvalue weighted by atomic mass is 9.97. The molecule has 0 fully saturated rings. The van der Waals surface area contributed by atoms with Crippen molar-refractivity contribution in [3.63, 3.8) is 0 Å². The van der Waals surface area contributed by atoms with Crippen LogP contribution in [0.4, 0.5) is 4.39 Å². The molecule has 0 spiro atoms. The average molecular weight is 302 g/mol. The van der Waals surface area contributed by atoms with Gasteiger partial charge in [0, 0.05) is 6.04 Å². The molecule has 0 radical (unpaired) electrons. The number of hydrogen-bond acceptors (Lipinski definition) is 1. The highest BCUT2D eigenvalue weighted by molar-refractivity contribution is 9.10. The number of rotatable bonds is 6. The third-order valence-electron chi connectivity index (χ3n) is 2.93. The van der Waals surface area contributed by atoms with E-state index < -0.39 is 0 Å². The van der Waals surface area contributed by atoms with Gasteiger partial charge in [0.25, 0.3) is 0 Å². The van der Waals surface area contributed by atoms with E-state index in [1.807, 2.05) is 19.2 Å². The summed E-state index contributed by atoms with van der Waals surface area (Å²) >= 11 is 3.22. The van der Waals surface area contributed by atoms with Crippen LogP contribution in [0.15, 0.2) is 22.7 Å². The molecule has 1 nitrogen and oxygen atoms in total. The predicted octanol–water partition coefficient (Wildman–Crippen LogP) is 4.15. The Kier molecular flexibility index (Phi) is 6.14. The first-order chi connectivity index (χ1) is 8.02. The highest BCUT2D eigenvalue weighted by Gasteiger charge is 2.09. The third-order valence-corrected chi connectivity index (χ3v) is 3.54. The molecule has 0 saturated heterocycles. The average Bonchev–Trinajstić information content (AvgIpc) is 2.28. The molecule has 1 unspecified atom stereocenters. The largest absolute Gasteiger partial charge is 0.317 e. The molecule has 0 saturated carbocycles. The Balaban J connectivity index is 2.50. The Labute approximate surface area is 112 Å². The highest BCUT2D eigenvalue weighted by Crippen LogP contribution is 2.19. The van der Waals surface area contributed by atoms with Crippen LogP contribution in [0.1, 0.15) is 32.3 Å². The van der Waals surface area contributed by atoms with E-state index in [0.717, 1.165) is 12.8 Å². The molecule has 0 aliphatic heterocycles. The van der Waals surface area contributed by atoms with Gasteiger partial charge in [0.2, 0.25) is 0 Å². The number of nitrogens with one attached hydrogen (secondary N) is 1. The monoisotopic (exact) mass is 301 g/mol. The van der Waals surface area contributed by atoms with Crippen LogP contribution < -0.4 is 5.32 Å². The summed E-state index contributed by atoms with van der Waals surface area (Å²) in [5.41, 5.74) is 1.18. The van der Waals surface area contributed by atoms with Gasteiger partial charge in [-0.05, 0) is 65.9 Å². The van der Waals surface area contributed by atoms with Gasteiger partial charge < -0.3 is 5.32 Å². The van der Waals surface area contributed by atoms with E-state index in [4.69, 9.17) is 0 Å². The third kappa shape index (κ3) is 5.17. The van der Waals surface area contributed by atoms with Gasteiger partial charge in [-0.15, -0.1) is 0 Å². The van der Waals surface area contributed by atoms with Crippen LogP contribution in [-0.4, -0.2) is 13.1 Å². The van der Waals surface area contributed by atoms with Gasteiger partial charge in [0.15, 0.2) is 0 Å². The van der Waals surface area contributed by atoms with Crippen molar-refractivity contribution in [2.24, 2.45) is 5.92 Å². The zero-order valence-corrected chi connectivity index (χ0v) is 12.3. The van der Waals surface area contributed by atoms with E-state index in [0.29, 0.717) is 16.4 Å². The van der Waals surface area contributed by atoms with Crippen LogP contribution in [-0.2, 0) is 6.42 Å². The van der Waals surface area contributed by atoms with Crippen LogP contribution in [0.2, 0.25) is 0 Å². The molecular formula is C14H21BrFN. The molecule has 1 N–H and O–H groups in total. The quantitative estimate of drug-likeness (QED) is 0.832. The van der Waals surface area contributed by atoms with Gasteiger partial charge in [-0.25, -0.2) is 4.39 Å². The van der Waals surface area contributed by atoms with Crippen LogP contribution in [0.25, 0.3) is 0 Å². The lowest BCUT2D eigenvalue weighted by molar-refractivity contribution is 0.421. The summed E-state index contributed by atoms with van der Waals surface area (Å²) in [6, 6.07) is 5.80. The van der Waals surface area contributed by atoms with Crippen molar-refractivity contribution in [1.29, 1.82) is 0 Å². The van der Waals surface area contributed by atoms with Gasteiger partial charge in [-0.2, -0.15) is 0 Å². The Morgan fingerprint density at radius 3 is 2.59 bits per heavy atom. The fraction of sp³-hybridized carbons (Fsp3) is 0.571. The first-order valence-corrected chi connectivity index (χ1v) is 6.93. The zero-order valence-electron chi connectivity index (χ0n) is 10.8. The van der Waals surface area contributed by atoms with Crippen LogP contribution in [0, 0.1) is 11.7 Å². The minimum atomic E-state index is -0.193. The molecule has 1 aromatic rings. The summed E-state index contributed by atoms with van der Waals surface area (Å²) in [6.45, 7) is 4.47. The fourth-order valence-electron chi connectivity index (χ4n) is 1.99. The van der Waals surface area contributed by atoms with E-state index in [1.54, 1.807) is 0 Å². The van der Waals surface area contributed by atoms with Gasteiger partial charge in [0.05, 0.1) is 4.47 Å². The number of benzene rings is 1. The van der Waals surface area contributed by atoms with Gasteiger partial charge in [-0.1, -0.05) is 19.9 Å². The Hall–Kier alpha value is -0.410. The molecule has 0 amide bonds. The Morgan fingerprint density at radius 2 is 2.06 bits per heavy atom. The summed E-state index contributed by atoms with van der Waals surface area (Å²) in [5, 5.41) is 3.34. The number of halogens is 2. The number of hydrogen-bond donors (Lipinski definition) is 1. The second kappa shape index (κ2) is 7.12. The molecule has 0 aromatic heterocycles. The molecule has 0 aliphatic rings. The summed E-state index contributed by atoms with van der Waals surface area (Å²) in [6.07, 6.45) is 3.25. The summed E-state index contributed by atoms with van der Waals surface area (Å²) in [7, 11) is 2.01. The first-order valence-electron chi connectivity index (χ1n) is 6.14. The molecule has 1 rings (SSSR count). The lowest BCUT2D eigenvalue weighted by Crippen LogP contribution is -2.27. The lowest BCUT2D eigenvalue weighted by Gasteiger charge is -2.18. The van der Waals surface area contributed by atoms with Gasteiger partial charge in [-0.3, -0.25) is 0 Å². The van der Waals surface area contributed by atoms with Crippen molar-refractivity contribution in [1.82, 2.24) is 5.32 Å². The van der Waals surface area contributed by atoms with Crippen molar-refractivity contribution < 1.29 is 4.39 Å².